The molecule has 0 N–H and O–H groups in total. The molecule has 0 aromatic heterocycles. The summed E-state index contributed by atoms with van der Waals surface area (Å²) in [4.78, 5) is 0. The molecule has 0 spiro atoms. The monoisotopic (exact) mass is 362 g/mol. The normalized spacial score (nSPS) is 23.4. The third-order valence-electron chi connectivity index (χ3n) is 5.07. The van der Waals surface area contributed by atoms with E-state index in [-0.39, 0.29) is 0 Å². The maximum Gasteiger partial charge on any atom is 0.400 e. The molecule has 1 rings (SSSR count). The van der Waals surface area contributed by atoms with E-state index >= 15 is 0 Å². The van der Waals surface area contributed by atoms with E-state index in [9.17, 15) is 17.6 Å². The highest BCUT2D eigenvalue weighted by atomic mass is 19.3. The van der Waals surface area contributed by atoms with Crippen molar-refractivity contribution in [3.8, 4) is 0 Å². The summed E-state index contributed by atoms with van der Waals surface area (Å²) in [5.74, 6) is -2.60. The van der Waals surface area contributed by atoms with Gasteiger partial charge in [-0.3, -0.25) is 0 Å². The van der Waals surface area contributed by atoms with Crippen LogP contribution in [0.4, 0.5) is 17.6 Å². The Morgan fingerprint density at radius 1 is 1.08 bits per heavy atom. The van der Waals surface area contributed by atoms with Crippen molar-refractivity contribution < 1.29 is 22.3 Å². The fourth-order valence-electron chi connectivity index (χ4n) is 3.36. The second-order valence-electron chi connectivity index (χ2n) is 7.59. The summed E-state index contributed by atoms with van der Waals surface area (Å²) in [6, 6.07) is 0. The van der Waals surface area contributed by atoms with Crippen LogP contribution in [0.3, 0.4) is 0 Å². The molecule has 1 nitrogen and oxygen atoms in total. The van der Waals surface area contributed by atoms with Gasteiger partial charge >= 0.3 is 6.11 Å². The second kappa shape index (κ2) is 9.44. The summed E-state index contributed by atoms with van der Waals surface area (Å²) in [6.07, 6.45) is 1.53. The van der Waals surface area contributed by atoms with Crippen molar-refractivity contribution in [2.75, 3.05) is 0 Å². The minimum atomic E-state index is -3.43. The zero-order valence-corrected chi connectivity index (χ0v) is 15.5. The van der Waals surface area contributed by atoms with Gasteiger partial charge in [-0.25, -0.2) is 8.78 Å². The fraction of sp³-hybridized carbons (Fsp3) is 0.700. The average Bonchev–Trinajstić information content (AvgIpc) is 2.51. The topological polar surface area (TPSA) is 9.23 Å². The Morgan fingerprint density at radius 2 is 1.64 bits per heavy atom. The molecular weight excluding hydrogens is 332 g/mol. The van der Waals surface area contributed by atoms with E-state index in [4.69, 9.17) is 0 Å². The van der Waals surface area contributed by atoms with E-state index in [1.54, 1.807) is 0 Å². The largest absolute Gasteiger partial charge is 0.433 e. The Hall–Kier alpha value is -1.26. The summed E-state index contributed by atoms with van der Waals surface area (Å²) in [6.45, 7) is 12.5. The van der Waals surface area contributed by atoms with E-state index in [2.05, 4.69) is 38.7 Å². The highest BCUT2D eigenvalue weighted by molar-refractivity contribution is 5.23. The Bertz CT molecular complexity index is 488. The van der Waals surface area contributed by atoms with Gasteiger partial charge < -0.3 is 4.74 Å². The quantitative estimate of drug-likeness (QED) is 0.237. The van der Waals surface area contributed by atoms with Crippen LogP contribution in [0.25, 0.3) is 0 Å². The number of halogens is 4. The minimum absolute atomic E-state index is 0.360. The van der Waals surface area contributed by atoms with Gasteiger partial charge in [-0.05, 0) is 43.4 Å². The lowest BCUT2D eigenvalue weighted by Crippen LogP contribution is -2.35. The van der Waals surface area contributed by atoms with Crippen LogP contribution in [0.5, 0.6) is 0 Å². The summed E-state index contributed by atoms with van der Waals surface area (Å²) in [5, 5.41) is 0. The maximum atomic E-state index is 14.2. The molecule has 0 saturated heterocycles. The smallest absolute Gasteiger partial charge is 0.400 e. The maximum absolute atomic E-state index is 14.2. The zero-order valence-electron chi connectivity index (χ0n) is 15.5. The van der Waals surface area contributed by atoms with Gasteiger partial charge in [-0.1, -0.05) is 46.8 Å². The molecule has 1 aliphatic carbocycles. The molecule has 0 radical (unpaired) electrons. The SMILES string of the molecule is C=C(/C=C(/F)C(=C)F)OC(F)(F)C1CCC(C(C)CCC(C)C)CC1. The molecular formula is C20H30F4O. The molecule has 0 aliphatic heterocycles. The van der Waals surface area contributed by atoms with Crippen LogP contribution in [-0.4, -0.2) is 6.11 Å². The van der Waals surface area contributed by atoms with E-state index in [1.807, 2.05) is 0 Å². The predicted molar refractivity (Wildman–Crippen MR) is 93.3 cm³/mol. The summed E-state index contributed by atoms with van der Waals surface area (Å²) in [5.41, 5.74) is 0. The predicted octanol–water partition coefficient (Wildman–Crippen LogP) is 7.32. The Balaban J connectivity index is 2.53. The molecule has 1 atom stereocenters. The van der Waals surface area contributed by atoms with Crippen molar-refractivity contribution >= 4 is 0 Å². The molecule has 1 saturated carbocycles. The summed E-state index contributed by atoms with van der Waals surface area (Å²) in [7, 11) is 0. The number of allylic oxidation sites excluding steroid dienone is 3. The van der Waals surface area contributed by atoms with Crippen LogP contribution < -0.4 is 0 Å². The minimum Gasteiger partial charge on any atom is -0.433 e. The fourth-order valence-corrected chi connectivity index (χ4v) is 3.36. The third kappa shape index (κ3) is 7.25. The van der Waals surface area contributed by atoms with Crippen LogP contribution in [0, 0.1) is 23.7 Å². The van der Waals surface area contributed by atoms with Gasteiger partial charge in [0, 0.05) is 6.08 Å². The van der Waals surface area contributed by atoms with Crippen LogP contribution in [0.15, 0.2) is 36.6 Å². The molecule has 0 bridgehead atoms. The van der Waals surface area contributed by atoms with Crippen molar-refractivity contribution in [3.63, 3.8) is 0 Å². The van der Waals surface area contributed by atoms with Gasteiger partial charge in [0.15, 0.2) is 11.7 Å². The van der Waals surface area contributed by atoms with E-state index in [0.717, 1.165) is 25.7 Å². The molecule has 0 amide bonds. The van der Waals surface area contributed by atoms with Gasteiger partial charge in [-0.15, -0.1) is 0 Å². The summed E-state index contributed by atoms with van der Waals surface area (Å²) >= 11 is 0. The van der Waals surface area contributed by atoms with Crippen molar-refractivity contribution in [3.05, 3.63) is 36.6 Å². The third-order valence-corrected chi connectivity index (χ3v) is 5.07. The van der Waals surface area contributed by atoms with Crippen molar-refractivity contribution in [2.45, 2.75) is 65.4 Å². The van der Waals surface area contributed by atoms with Crippen LogP contribution in [-0.2, 0) is 4.74 Å². The molecule has 1 aliphatic rings. The highest BCUT2D eigenvalue weighted by Gasteiger charge is 2.44. The highest BCUT2D eigenvalue weighted by Crippen LogP contribution is 2.43. The first-order valence-corrected chi connectivity index (χ1v) is 9.00. The Kier molecular flexibility index (Phi) is 8.23. The molecule has 0 aromatic rings. The van der Waals surface area contributed by atoms with Gasteiger partial charge in [0.2, 0.25) is 0 Å². The van der Waals surface area contributed by atoms with Crippen LogP contribution in [0.1, 0.15) is 59.3 Å². The van der Waals surface area contributed by atoms with E-state index in [0.29, 0.717) is 36.7 Å². The standard InChI is InChI=1S/C20H30F4O/c1-13(2)6-7-14(3)17-8-10-18(11-9-17)20(23,24)25-15(4)12-19(22)16(5)21/h12-14,17-18H,4-11H2,1-3H3/b19-12+. The van der Waals surface area contributed by atoms with Crippen molar-refractivity contribution in [2.24, 2.45) is 23.7 Å². The summed E-state index contributed by atoms with van der Waals surface area (Å²) < 4.78 is 58.6. The molecule has 1 unspecified atom stereocenters. The molecule has 1 fully saturated rings. The molecule has 5 heteroatoms. The van der Waals surface area contributed by atoms with Gasteiger partial charge in [0.25, 0.3) is 0 Å². The van der Waals surface area contributed by atoms with Gasteiger partial charge in [0.1, 0.15) is 5.76 Å². The molecule has 0 heterocycles. The first-order valence-electron chi connectivity index (χ1n) is 9.00. The van der Waals surface area contributed by atoms with E-state index in [1.165, 1.54) is 0 Å². The Labute approximate surface area is 148 Å². The average molecular weight is 362 g/mol. The first-order chi connectivity index (χ1) is 11.5. The lowest BCUT2D eigenvalue weighted by molar-refractivity contribution is -0.254. The molecule has 0 aromatic carbocycles. The number of hydrogen-bond donors (Lipinski definition) is 0. The van der Waals surface area contributed by atoms with Crippen molar-refractivity contribution in [1.29, 1.82) is 0 Å². The van der Waals surface area contributed by atoms with Gasteiger partial charge in [-0.2, -0.15) is 8.78 Å². The lowest BCUT2D eigenvalue weighted by atomic mass is 9.74. The number of rotatable bonds is 9. The van der Waals surface area contributed by atoms with Crippen molar-refractivity contribution in [1.82, 2.24) is 0 Å². The number of ether oxygens (including phenoxy) is 1. The number of hydrogen-bond acceptors (Lipinski definition) is 1. The van der Waals surface area contributed by atoms with Gasteiger partial charge in [0.05, 0.1) is 5.92 Å². The van der Waals surface area contributed by atoms with Crippen LogP contribution in [0.2, 0.25) is 0 Å². The molecule has 25 heavy (non-hydrogen) atoms. The second-order valence-corrected chi connectivity index (χ2v) is 7.59. The Morgan fingerprint density at radius 3 is 2.12 bits per heavy atom. The zero-order chi connectivity index (χ0) is 19.2. The van der Waals surface area contributed by atoms with Crippen LogP contribution >= 0.6 is 0 Å². The van der Waals surface area contributed by atoms with E-state index < -0.39 is 29.4 Å². The lowest BCUT2D eigenvalue weighted by Gasteiger charge is -2.35. The number of alkyl halides is 2. The molecule has 144 valence electrons. The first kappa shape index (κ1) is 21.8.